The van der Waals surface area contributed by atoms with Crippen LogP contribution in [-0.2, 0) is 4.79 Å². The molecule has 10 nitrogen and oxygen atoms in total. The highest BCUT2D eigenvalue weighted by molar-refractivity contribution is 5.99. The molecule has 1 fully saturated rings. The molecule has 2 aromatic heterocycles. The van der Waals surface area contributed by atoms with E-state index in [4.69, 9.17) is 0 Å². The molecule has 3 heterocycles. The maximum atomic E-state index is 12.4. The average Bonchev–Trinajstić information content (AvgIpc) is 2.90. The van der Waals surface area contributed by atoms with E-state index in [1.165, 1.54) is 24.3 Å². The van der Waals surface area contributed by atoms with Gasteiger partial charge < -0.3 is 20.4 Å². The van der Waals surface area contributed by atoms with Gasteiger partial charge >= 0.3 is 0 Å². The number of likely N-dealkylation sites (N-methyl/N-ethyl adjacent to an activating group) is 1. The lowest BCUT2D eigenvalue weighted by Crippen LogP contribution is -2.44. The van der Waals surface area contributed by atoms with Crippen LogP contribution in [0, 0.1) is 0 Å². The number of amides is 1. The highest BCUT2D eigenvalue weighted by Crippen LogP contribution is 2.22. The third kappa shape index (κ3) is 4.93. The molecule has 10 heteroatoms. The van der Waals surface area contributed by atoms with Crippen LogP contribution in [-0.4, -0.2) is 63.6 Å². The second kappa shape index (κ2) is 9.96. The molecule has 2 aromatic carbocycles. The average molecular weight is 483 g/mol. The van der Waals surface area contributed by atoms with Crippen LogP contribution in [0.3, 0.4) is 0 Å². The monoisotopic (exact) mass is 482 g/mol. The van der Waals surface area contributed by atoms with Crippen LogP contribution < -0.4 is 21.1 Å². The molecule has 36 heavy (non-hydrogen) atoms. The quantitative estimate of drug-likeness (QED) is 0.404. The molecule has 0 atom stereocenters. The van der Waals surface area contributed by atoms with Crippen LogP contribution >= 0.6 is 0 Å². The van der Waals surface area contributed by atoms with E-state index in [1.807, 2.05) is 18.2 Å². The minimum absolute atomic E-state index is 0.286. The minimum Gasteiger partial charge on any atom is -0.369 e. The zero-order valence-corrected chi connectivity index (χ0v) is 19.9. The first-order chi connectivity index (χ1) is 17.5. The maximum absolute atomic E-state index is 12.4. The first kappa shape index (κ1) is 23.2. The molecular weight excluding hydrogens is 456 g/mol. The number of aromatic nitrogens is 4. The van der Waals surface area contributed by atoms with Crippen molar-refractivity contribution in [2.45, 2.75) is 0 Å². The minimum atomic E-state index is -0.416. The second-order valence-electron chi connectivity index (χ2n) is 8.56. The summed E-state index contributed by atoms with van der Waals surface area (Å²) in [7, 11) is 2.14. The van der Waals surface area contributed by atoms with E-state index in [1.54, 1.807) is 22.8 Å². The molecule has 0 aliphatic carbocycles. The molecule has 2 N–H and O–H groups in total. The van der Waals surface area contributed by atoms with E-state index < -0.39 is 5.56 Å². The lowest BCUT2D eigenvalue weighted by atomic mass is 10.2. The molecule has 1 saturated heterocycles. The Bertz CT molecular complexity index is 1470. The van der Waals surface area contributed by atoms with E-state index in [2.05, 4.69) is 61.1 Å². The number of nitrogens with one attached hydrogen (secondary N) is 2. The highest BCUT2D eigenvalue weighted by Gasteiger charge is 2.14. The van der Waals surface area contributed by atoms with Crippen molar-refractivity contribution in [1.29, 1.82) is 0 Å². The predicted molar refractivity (Wildman–Crippen MR) is 141 cm³/mol. The van der Waals surface area contributed by atoms with Gasteiger partial charge in [0.05, 0.1) is 5.69 Å². The summed E-state index contributed by atoms with van der Waals surface area (Å²) >= 11 is 0. The molecule has 0 saturated carbocycles. The van der Waals surface area contributed by atoms with Crippen molar-refractivity contribution in [3.05, 3.63) is 84.1 Å². The Kier molecular flexibility index (Phi) is 6.42. The Balaban J connectivity index is 1.43. The molecule has 1 aliphatic heterocycles. The van der Waals surface area contributed by atoms with Crippen LogP contribution in [0.15, 0.2) is 78.5 Å². The summed E-state index contributed by atoms with van der Waals surface area (Å²) in [5, 5.41) is 6.24. The van der Waals surface area contributed by atoms with Gasteiger partial charge in [0.15, 0.2) is 5.65 Å². The summed E-state index contributed by atoms with van der Waals surface area (Å²) in [6, 6.07) is 15.3. The van der Waals surface area contributed by atoms with E-state index in [0.29, 0.717) is 23.0 Å². The fourth-order valence-corrected chi connectivity index (χ4v) is 4.07. The van der Waals surface area contributed by atoms with Crippen LogP contribution in [0.1, 0.15) is 0 Å². The summed E-state index contributed by atoms with van der Waals surface area (Å²) in [4.78, 5) is 41.7. The zero-order valence-electron chi connectivity index (χ0n) is 19.9. The van der Waals surface area contributed by atoms with Crippen LogP contribution in [0.4, 0.5) is 23.0 Å². The van der Waals surface area contributed by atoms with Crippen molar-refractivity contribution >= 4 is 40.0 Å². The van der Waals surface area contributed by atoms with Crippen LogP contribution in [0.5, 0.6) is 0 Å². The summed E-state index contributed by atoms with van der Waals surface area (Å²) in [6.07, 6.45) is 4.09. The summed E-state index contributed by atoms with van der Waals surface area (Å²) < 4.78 is 1.68. The Morgan fingerprint density at radius 2 is 1.78 bits per heavy atom. The Morgan fingerprint density at radius 3 is 2.53 bits per heavy atom. The molecule has 5 rings (SSSR count). The highest BCUT2D eigenvalue weighted by atomic mass is 16.1. The number of piperazine rings is 1. The SMILES string of the molecule is C=CC(=O)Nc1cccc(-n2cnc(=O)c3cnc(Nc4ccc(N5CCN(C)CC5)cc4)nc32)c1. The lowest BCUT2D eigenvalue weighted by Gasteiger charge is -2.34. The van der Waals surface area contributed by atoms with Crippen molar-refractivity contribution < 1.29 is 4.79 Å². The molecule has 1 amide bonds. The van der Waals surface area contributed by atoms with Gasteiger partial charge in [0.2, 0.25) is 11.9 Å². The topological polar surface area (TPSA) is 108 Å². The van der Waals surface area contributed by atoms with E-state index in [0.717, 1.165) is 31.9 Å². The Morgan fingerprint density at radius 1 is 1.00 bits per heavy atom. The maximum Gasteiger partial charge on any atom is 0.283 e. The van der Waals surface area contributed by atoms with Gasteiger partial charge in [0.25, 0.3) is 5.56 Å². The molecule has 0 bridgehead atoms. The van der Waals surface area contributed by atoms with E-state index in [9.17, 15) is 9.59 Å². The standard InChI is InChI=1S/C26H26N8O2/c1-3-23(35)29-19-5-4-6-21(15-19)34-17-28-25(36)22-16-27-26(31-24(22)34)30-18-7-9-20(10-8-18)33-13-11-32(2)12-14-33/h3-10,15-17H,1,11-14H2,2H3,(H,29,35)(H,27,30,31). The molecule has 0 spiro atoms. The normalized spacial score (nSPS) is 14.0. The number of carbonyl (C=O) groups is 1. The molecule has 0 radical (unpaired) electrons. The lowest BCUT2D eigenvalue weighted by molar-refractivity contribution is -0.111. The Hall–Kier alpha value is -4.57. The Labute approximate surface area is 207 Å². The van der Waals surface area contributed by atoms with Crippen molar-refractivity contribution in [2.75, 3.05) is 48.8 Å². The number of anilines is 4. The van der Waals surface area contributed by atoms with Crippen molar-refractivity contribution in [3.8, 4) is 5.69 Å². The van der Waals surface area contributed by atoms with Gasteiger partial charge in [0.1, 0.15) is 11.7 Å². The van der Waals surface area contributed by atoms with Gasteiger partial charge in [-0.15, -0.1) is 0 Å². The first-order valence-electron chi connectivity index (χ1n) is 11.6. The predicted octanol–water partition coefficient (Wildman–Crippen LogP) is 2.80. The van der Waals surface area contributed by atoms with Crippen molar-refractivity contribution in [1.82, 2.24) is 24.4 Å². The smallest absolute Gasteiger partial charge is 0.283 e. The van der Waals surface area contributed by atoms with Crippen LogP contribution in [0.2, 0.25) is 0 Å². The van der Waals surface area contributed by atoms with Gasteiger partial charge in [-0.25, -0.2) is 4.98 Å². The molecule has 4 aromatic rings. The van der Waals surface area contributed by atoms with Gasteiger partial charge in [-0.2, -0.15) is 9.97 Å². The molecular formula is C26H26N8O2. The van der Waals surface area contributed by atoms with E-state index in [-0.39, 0.29) is 11.3 Å². The summed E-state index contributed by atoms with van der Waals surface area (Å²) in [5.74, 6) is 0.0350. The van der Waals surface area contributed by atoms with Gasteiger partial charge in [-0.1, -0.05) is 12.6 Å². The van der Waals surface area contributed by atoms with Gasteiger partial charge in [-0.05, 0) is 55.6 Å². The van der Waals surface area contributed by atoms with Gasteiger partial charge in [-0.3, -0.25) is 14.2 Å². The molecule has 0 unspecified atom stereocenters. The summed E-state index contributed by atoms with van der Waals surface area (Å²) in [5.41, 5.74) is 3.25. The number of benzene rings is 2. The van der Waals surface area contributed by atoms with Crippen molar-refractivity contribution in [2.24, 2.45) is 0 Å². The van der Waals surface area contributed by atoms with Crippen LogP contribution in [0.25, 0.3) is 16.7 Å². The fraction of sp³-hybridized carbons (Fsp3) is 0.192. The van der Waals surface area contributed by atoms with Crippen molar-refractivity contribution in [3.63, 3.8) is 0 Å². The number of rotatable bonds is 6. The third-order valence-electron chi connectivity index (χ3n) is 6.09. The number of nitrogens with zero attached hydrogens (tertiary/aromatic N) is 6. The molecule has 1 aliphatic rings. The zero-order chi connectivity index (χ0) is 25.1. The molecule has 182 valence electrons. The first-order valence-corrected chi connectivity index (χ1v) is 11.6. The second-order valence-corrected chi connectivity index (χ2v) is 8.56. The fourth-order valence-electron chi connectivity index (χ4n) is 4.07. The van der Waals surface area contributed by atoms with E-state index >= 15 is 0 Å². The number of fused-ring (bicyclic) bond motifs is 1. The number of carbonyl (C=O) groups excluding carboxylic acids is 1. The summed E-state index contributed by atoms with van der Waals surface area (Å²) in [6.45, 7) is 7.57. The largest absolute Gasteiger partial charge is 0.369 e. The number of hydrogen-bond donors (Lipinski definition) is 2. The van der Waals surface area contributed by atoms with Gasteiger partial charge in [0, 0.05) is 49.4 Å². The number of hydrogen-bond acceptors (Lipinski definition) is 8. The third-order valence-corrected chi connectivity index (χ3v) is 6.09.